The van der Waals surface area contributed by atoms with Crippen LogP contribution in [-0.2, 0) is 11.2 Å². The van der Waals surface area contributed by atoms with Gasteiger partial charge in [0.05, 0.1) is 18.1 Å². The minimum atomic E-state index is -0.634. The zero-order valence-corrected chi connectivity index (χ0v) is 19.5. The Kier molecular flexibility index (Phi) is 6.33. The van der Waals surface area contributed by atoms with Crippen molar-refractivity contribution in [2.45, 2.75) is 12.8 Å². The van der Waals surface area contributed by atoms with E-state index in [-0.39, 0.29) is 11.8 Å². The highest BCUT2D eigenvalue weighted by Gasteiger charge is 2.47. The molecule has 0 bridgehead atoms. The summed E-state index contributed by atoms with van der Waals surface area (Å²) in [6, 6.07) is 17.8. The number of carbonyl (C=O) groups excluding carboxylic acids is 2. The molecule has 6 heteroatoms. The number of carbonyl (C=O) groups is 2. The molecule has 32 heavy (non-hydrogen) atoms. The average molecular weight is 449 g/mol. The first kappa shape index (κ1) is 22.1. The lowest BCUT2D eigenvalue weighted by molar-refractivity contribution is -0.138. The highest BCUT2D eigenvalue weighted by atomic mass is 32.1. The van der Waals surface area contributed by atoms with E-state index in [2.05, 4.69) is 41.1 Å². The Labute approximate surface area is 193 Å². The van der Waals surface area contributed by atoms with Gasteiger partial charge in [0, 0.05) is 27.2 Å². The van der Waals surface area contributed by atoms with Crippen molar-refractivity contribution in [1.29, 1.82) is 0 Å². The molecule has 0 spiro atoms. The van der Waals surface area contributed by atoms with Crippen LogP contribution in [0.25, 0.3) is 11.1 Å². The Bertz CT molecular complexity index is 1090. The molecule has 0 unspecified atom stereocenters. The Morgan fingerprint density at radius 3 is 2.47 bits per heavy atom. The highest BCUT2D eigenvalue weighted by Crippen LogP contribution is 2.37. The van der Waals surface area contributed by atoms with Crippen molar-refractivity contribution in [3.8, 4) is 16.9 Å². The number of likely N-dealkylation sites (tertiary alicyclic amines) is 1. The molecule has 3 aromatic rings. The molecule has 1 aromatic heterocycles. The number of methoxy groups -OCH3 is 1. The molecule has 1 saturated heterocycles. The van der Waals surface area contributed by atoms with Gasteiger partial charge in [-0.3, -0.25) is 9.59 Å². The molecule has 5 nitrogen and oxygen atoms in total. The fraction of sp³-hybridized carbons (Fsp3) is 0.308. The minimum Gasteiger partial charge on any atom is -0.496 e. The lowest BCUT2D eigenvalue weighted by Gasteiger charge is -2.31. The van der Waals surface area contributed by atoms with Crippen LogP contribution in [-0.4, -0.2) is 55.9 Å². The number of rotatable bonds is 6. The third-order valence-electron chi connectivity index (χ3n) is 6.19. The van der Waals surface area contributed by atoms with Crippen LogP contribution in [0.1, 0.15) is 22.3 Å². The number of hydrogen-bond donors (Lipinski definition) is 0. The molecule has 4 rings (SSSR count). The number of ether oxygens (including phenoxy) is 1. The van der Waals surface area contributed by atoms with Gasteiger partial charge in [-0.2, -0.15) is 11.3 Å². The minimum absolute atomic E-state index is 0.0646. The first-order chi connectivity index (χ1) is 15.4. The molecule has 2 aromatic carbocycles. The maximum atomic E-state index is 13.3. The fourth-order valence-electron chi connectivity index (χ4n) is 4.54. The quantitative estimate of drug-likeness (QED) is 0.554. The van der Waals surface area contributed by atoms with Crippen LogP contribution in [0.4, 0.5) is 0 Å². The molecular weight excluding hydrogens is 420 g/mol. The molecule has 0 radical (unpaired) electrons. The van der Waals surface area contributed by atoms with Crippen LogP contribution in [0.15, 0.2) is 65.4 Å². The maximum absolute atomic E-state index is 13.3. The molecule has 1 aliphatic heterocycles. The molecule has 1 atom stereocenters. The Hall–Kier alpha value is -3.12. The van der Waals surface area contributed by atoms with Crippen LogP contribution >= 0.6 is 11.3 Å². The van der Waals surface area contributed by atoms with E-state index in [4.69, 9.17) is 4.74 Å². The van der Waals surface area contributed by atoms with E-state index in [1.807, 2.05) is 12.1 Å². The number of nitrogens with zero attached hydrogens (tertiary/aromatic N) is 2. The number of para-hydroxylation sites is 1. The predicted molar refractivity (Wildman–Crippen MR) is 128 cm³/mol. The number of hydrogen-bond acceptors (Lipinski definition) is 4. The van der Waals surface area contributed by atoms with Crippen molar-refractivity contribution in [1.82, 2.24) is 9.80 Å². The van der Waals surface area contributed by atoms with Gasteiger partial charge in [-0.05, 0) is 58.5 Å². The second kappa shape index (κ2) is 9.17. The molecule has 0 aliphatic carbocycles. The van der Waals surface area contributed by atoms with E-state index >= 15 is 0 Å². The van der Waals surface area contributed by atoms with E-state index in [1.54, 1.807) is 54.5 Å². The third-order valence-corrected chi connectivity index (χ3v) is 6.87. The molecule has 166 valence electrons. The first-order valence-electron chi connectivity index (χ1n) is 10.7. The van der Waals surface area contributed by atoms with E-state index in [1.165, 1.54) is 11.1 Å². The lowest BCUT2D eigenvalue weighted by Crippen LogP contribution is -2.44. The van der Waals surface area contributed by atoms with Crippen molar-refractivity contribution in [2.75, 3.05) is 34.3 Å². The predicted octanol–water partition coefficient (Wildman–Crippen LogP) is 4.59. The summed E-state index contributed by atoms with van der Waals surface area (Å²) in [6.45, 7) is 0.941. The Morgan fingerprint density at radius 1 is 1.06 bits per heavy atom. The third kappa shape index (κ3) is 4.28. The topological polar surface area (TPSA) is 49.9 Å². The van der Waals surface area contributed by atoms with Crippen LogP contribution in [0, 0.1) is 5.41 Å². The molecule has 1 fully saturated rings. The summed E-state index contributed by atoms with van der Waals surface area (Å²) in [5.41, 5.74) is 3.37. The van der Waals surface area contributed by atoms with Gasteiger partial charge in [0.2, 0.25) is 5.91 Å². The van der Waals surface area contributed by atoms with Gasteiger partial charge < -0.3 is 14.5 Å². The van der Waals surface area contributed by atoms with Gasteiger partial charge in [-0.1, -0.05) is 36.4 Å². The number of amides is 2. The Morgan fingerprint density at radius 2 is 1.81 bits per heavy atom. The zero-order valence-electron chi connectivity index (χ0n) is 18.7. The second-order valence-electron chi connectivity index (χ2n) is 8.54. The summed E-state index contributed by atoms with van der Waals surface area (Å²) in [7, 11) is 5.14. The second-order valence-corrected chi connectivity index (χ2v) is 9.32. The summed E-state index contributed by atoms with van der Waals surface area (Å²) in [5.74, 6) is 0.524. The SMILES string of the molecule is COc1ccccc1C(=O)N1CC[C@](Cc2ccc(-c3ccsc3)cc2)(C(=O)N(C)C)C1. The van der Waals surface area contributed by atoms with E-state index in [0.717, 1.165) is 5.56 Å². The summed E-state index contributed by atoms with van der Waals surface area (Å²) >= 11 is 1.68. The van der Waals surface area contributed by atoms with E-state index < -0.39 is 5.41 Å². The number of benzene rings is 2. The molecule has 2 heterocycles. The molecule has 1 aliphatic rings. The van der Waals surface area contributed by atoms with Crippen molar-refractivity contribution in [3.05, 3.63) is 76.5 Å². The molecule has 0 saturated carbocycles. The van der Waals surface area contributed by atoms with Gasteiger partial charge >= 0.3 is 0 Å². The van der Waals surface area contributed by atoms with Gasteiger partial charge in [0.25, 0.3) is 5.91 Å². The van der Waals surface area contributed by atoms with Crippen LogP contribution in [0.2, 0.25) is 0 Å². The van der Waals surface area contributed by atoms with Crippen molar-refractivity contribution in [3.63, 3.8) is 0 Å². The van der Waals surface area contributed by atoms with Crippen LogP contribution in [0.5, 0.6) is 5.75 Å². The number of thiophene rings is 1. The van der Waals surface area contributed by atoms with E-state index in [0.29, 0.717) is 37.2 Å². The van der Waals surface area contributed by atoms with Crippen molar-refractivity contribution < 1.29 is 14.3 Å². The highest BCUT2D eigenvalue weighted by molar-refractivity contribution is 7.08. The van der Waals surface area contributed by atoms with Gasteiger partial charge in [-0.25, -0.2) is 0 Å². The molecular formula is C26H28N2O3S. The fourth-order valence-corrected chi connectivity index (χ4v) is 5.21. The summed E-state index contributed by atoms with van der Waals surface area (Å²) in [5, 5.41) is 4.20. The Balaban J connectivity index is 1.58. The normalized spacial score (nSPS) is 17.9. The van der Waals surface area contributed by atoms with Crippen molar-refractivity contribution in [2.24, 2.45) is 5.41 Å². The largest absolute Gasteiger partial charge is 0.496 e. The summed E-state index contributed by atoms with van der Waals surface area (Å²) < 4.78 is 5.38. The monoisotopic (exact) mass is 448 g/mol. The average Bonchev–Trinajstić information content (AvgIpc) is 3.50. The standard InChI is InChI=1S/C26H28N2O3S/c1-27(2)25(30)26(16-19-8-10-20(11-9-19)21-12-15-32-17-21)13-14-28(18-26)24(29)22-6-4-5-7-23(22)31-3/h4-12,15,17H,13-14,16,18H2,1-3H3/t26-/m1/s1. The summed E-state index contributed by atoms with van der Waals surface area (Å²) in [4.78, 5) is 30.0. The maximum Gasteiger partial charge on any atom is 0.257 e. The smallest absolute Gasteiger partial charge is 0.257 e. The van der Waals surface area contributed by atoms with Crippen LogP contribution in [0.3, 0.4) is 0 Å². The zero-order chi connectivity index (χ0) is 22.7. The molecule has 0 N–H and O–H groups in total. The van der Waals surface area contributed by atoms with Crippen LogP contribution < -0.4 is 4.74 Å². The van der Waals surface area contributed by atoms with Gasteiger partial charge in [0.15, 0.2) is 0 Å². The molecule has 2 amide bonds. The van der Waals surface area contributed by atoms with Gasteiger partial charge in [-0.15, -0.1) is 0 Å². The first-order valence-corrected chi connectivity index (χ1v) is 11.6. The van der Waals surface area contributed by atoms with Gasteiger partial charge in [0.1, 0.15) is 5.75 Å². The van der Waals surface area contributed by atoms with Crippen molar-refractivity contribution >= 4 is 23.2 Å². The lowest BCUT2D eigenvalue weighted by atomic mass is 9.79. The summed E-state index contributed by atoms with van der Waals surface area (Å²) in [6.07, 6.45) is 1.24. The van der Waals surface area contributed by atoms with E-state index in [9.17, 15) is 9.59 Å².